The van der Waals surface area contributed by atoms with Gasteiger partial charge >= 0.3 is 6.01 Å². The lowest BCUT2D eigenvalue weighted by Crippen LogP contribution is -2.55. The van der Waals surface area contributed by atoms with Crippen molar-refractivity contribution in [1.82, 2.24) is 14.9 Å². The van der Waals surface area contributed by atoms with Crippen LogP contribution in [0.5, 0.6) is 0 Å². The van der Waals surface area contributed by atoms with Crippen LogP contribution in [0.3, 0.4) is 0 Å². The number of aromatic nitrogens is 2. The maximum Gasteiger partial charge on any atom is 0.305 e. The average molecular weight is 315 g/mol. The Bertz CT molecular complexity index is 710. The minimum absolute atomic E-state index is 0.228. The van der Waals surface area contributed by atoms with Crippen molar-refractivity contribution in [2.75, 3.05) is 32.0 Å². The van der Waals surface area contributed by atoms with Crippen LogP contribution in [-0.2, 0) is 4.74 Å². The zero-order valence-electron chi connectivity index (χ0n) is 13.5. The third-order valence-corrected chi connectivity index (χ3v) is 4.80. The molecule has 2 atom stereocenters. The average Bonchev–Trinajstić information content (AvgIpc) is 3.12. The minimum atomic E-state index is -0.228. The number of likely N-dealkylation sites (N-methyl/N-ethyl adjacent to an activating group) is 1. The van der Waals surface area contributed by atoms with E-state index in [4.69, 9.17) is 9.15 Å². The third kappa shape index (κ3) is 2.55. The molecule has 7 nitrogen and oxygen atoms in total. The molecule has 1 unspecified atom stereocenters. The van der Waals surface area contributed by atoms with E-state index in [1.165, 1.54) is 0 Å². The number of fused-ring (bicyclic) bond motifs is 1. The van der Waals surface area contributed by atoms with Gasteiger partial charge in [-0.25, -0.2) is 9.98 Å². The topological polar surface area (TPSA) is 75.8 Å². The Morgan fingerprint density at radius 3 is 3.22 bits per heavy atom. The van der Waals surface area contributed by atoms with Gasteiger partial charge in [0.1, 0.15) is 5.60 Å². The van der Waals surface area contributed by atoms with Crippen LogP contribution in [0, 0.1) is 5.92 Å². The highest BCUT2D eigenvalue weighted by Crippen LogP contribution is 2.36. The van der Waals surface area contributed by atoms with Gasteiger partial charge in [0.15, 0.2) is 5.58 Å². The first kappa shape index (κ1) is 14.4. The molecule has 1 saturated heterocycles. The first-order valence-electron chi connectivity index (χ1n) is 8.09. The molecule has 0 radical (unpaired) electrons. The number of hydrogen-bond donors (Lipinski definition) is 1. The number of rotatable bonds is 2. The molecular weight excluding hydrogens is 294 g/mol. The van der Waals surface area contributed by atoms with E-state index in [-0.39, 0.29) is 5.60 Å². The van der Waals surface area contributed by atoms with Gasteiger partial charge in [0, 0.05) is 18.7 Å². The summed E-state index contributed by atoms with van der Waals surface area (Å²) in [6, 6.07) is 4.51. The van der Waals surface area contributed by atoms with Gasteiger partial charge in [-0.05, 0) is 38.6 Å². The Balaban J connectivity index is 1.51. The van der Waals surface area contributed by atoms with Crippen molar-refractivity contribution in [2.45, 2.75) is 25.4 Å². The number of piperidine rings is 1. The van der Waals surface area contributed by atoms with Crippen molar-refractivity contribution in [3.8, 4) is 0 Å². The molecule has 0 saturated carbocycles. The molecule has 1 fully saturated rings. The number of anilines is 1. The Kier molecular flexibility index (Phi) is 3.45. The molecule has 2 aromatic heterocycles. The second-order valence-electron chi connectivity index (χ2n) is 6.39. The highest BCUT2D eigenvalue weighted by Gasteiger charge is 2.47. The number of hydrogen-bond acceptors (Lipinski definition) is 7. The Labute approximate surface area is 134 Å². The van der Waals surface area contributed by atoms with Crippen molar-refractivity contribution in [1.29, 1.82) is 0 Å². The quantitative estimate of drug-likeness (QED) is 0.915. The summed E-state index contributed by atoms with van der Waals surface area (Å²) in [5.74, 6) is 0.520. The van der Waals surface area contributed by atoms with Gasteiger partial charge in [0.25, 0.3) is 6.02 Å². The predicted molar refractivity (Wildman–Crippen MR) is 87.4 cm³/mol. The first-order chi connectivity index (χ1) is 11.2. The molecule has 0 aromatic carbocycles. The fourth-order valence-corrected chi connectivity index (χ4v) is 3.62. The lowest BCUT2D eigenvalue weighted by molar-refractivity contribution is -0.0389. The van der Waals surface area contributed by atoms with Gasteiger partial charge in [-0.3, -0.25) is 5.32 Å². The van der Waals surface area contributed by atoms with Crippen LogP contribution in [0.1, 0.15) is 19.8 Å². The second-order valence-corrected chi connectivity index (χ2v) is 6.39. The van der Waals surface area contributed by atoms with Gasteiger partial charge in [-0.2, -0.15) is 4.98 Å². The van der Waals surface area contributed by atoms with Crippen LogP contribution >= 0.6 is 0 Å². The highest BCUT2D eigenvalue weighted by molar-refractivity contribution is 5.89. The van der Waals surface area contributed by atoms with E-state index in [0.29, 0.717) is 35.7 Å². The summed E-state index contributed by atoms with van der Waals surface area (Å²) >= 11 is 0. The lowest BCUT2D eigenvalue weighted by atomic mass is 9.79. The molecule has 2 aliphatic heterocycles. The zero-order valence-corrected chi connectivity index (χ0v) is 13.5. The highest BCUT2D eigenvalue weighted by atomic mass is 16.5. The van der Waals surface area contributed by atoms with E-state index < -0.39 is 0 Å². The maximum absolute atomic E-state index is 6.24. The summed E-state index contributed by atoms with van der Waals surface area (Å²) in [5, 5.41) is 3.05. The van der Waals surface area contributed by atoms with Crippen molar-refractivity contribution < 1.29 is 9.15 Å². The largest absolute Gasteiger partial charge is 0.455 e. The van der Waals surface area contributed by atoms with E-state index in [0.717, 1.165) is 25.9 Å². The van der Waals surface area contributed by atoms with Gasteiger partial charge < -0.3 is 14.1 Å². The Morgan fingerprint density at radius 1 is 1.48 bits per heavy atom. The molecule has 1 spiro atoms. The number of amidine groups is 1. The number of nitrogens with zero attached hydrogens (tertiary/aromatic N) is 4. The molecule has 2 aliphatic rings. The number of likely N-dealkylation sites (tertiary alicyclic amines) is 1. The molecule has 2 aromatic rings. The normalized spacial score (nSPS) is 28.1. The molecule has 4 heterocycles. The summed E-state index contributed by atoms with van der Waals surface area (Å²) in [6.45, 7) is 4.91. The van der Waals surface area contributed by atoms with Gasteiger partial charge in [0.2, 0.25) is 5.65 Å². The predicted octanol–water partition coefficient (Wildman–Crippen LogP) is 2.12. The first-order valence-corrected chi connectivity index (χ1v) is 8.09. The van der Waals surface area contributed by atoms with Gasteiger partial charge in [0.05, 0.1) is 6.54 Å². The smallest absolute Gasteiger partial charge is 0.305 e. The van der Waals surface area contributed by atoms with Crippen molar-refractivity contribution in [3.05, 3.63) is 18.3 Å². The van der Waals surface area contributed by atoms with Crippen LogP contribution < -0.4 is 5.32 Å². The maximum atomic E-state index is 6.24. The second kappa shape index (κ2) is 5.49. The Morgan fingerprint density at radius 2 is 2.39 bits per heavy atom. The minimum Gasteiger partial charge on any atom is -0.455 e. The fourth-order valence-electron chi connectivity index (χ4n) is 3.62. The molecule has 0 amide bonds. The molecular formula is C16H21N5O2. The van der Waals surface area contributed by atoms with E-state index in [1.54, 1.807) is 6.20 Å². The number of oxazole rings is 1. The Hall–Kier alpha value is -2.15. The number of ether oxygens (including phenoxy) is 1. The van der Waals surface area contributed by atoms with Crippen LogP contribution in [0.15, 0.2) is 27.7 Å². The molecule has 4 rings (SSSR count). The molecule has 7 heteroatoms. The molecule has 122 valence electrons. The number of pyridine rings is 1. The van der Waals surface area contributed by atoms with Crippen LogP contribution in [0.4, 0.5) is 6.01 Å². The van der Waals surface area contributed by atoms with Gasteiger partial charge in [-0.1, -0.05) is 6.92 Å². The van der Waals surface area contributed by atoms with Gasteiger partial charge in [-0.15, -0.1) is 0 Å². The lowest BCUT2D eigenvalue weighted by Gasteiger charge is -2.43. The van der Waals surface area contributed by atoms with Crippen LogP contribution in [-0.4, -0.2) is 53.2 Å². The fraction of sp³-hybridized carbons (Fsp3) is 0.562. The van der Waals surface area contributed by atoms with Crippen molar-refractivity contribution in [3.63, 3.8) is 0 Å². The van der Waals surface area contributed by atoms with Crippen LogP contribution in [0.25, 0.3) is 11.2 Å². The summed E-state index contributed by atoms with van der Waals surface area (Å²) < 4.78 is 11.9. The molecule has 0 aliphatic carbocycles. The number of nitrogens with one attached hydrogen (secondary N) is 1. The SMILES string of the molecule is CCC1CCN(C)C[C@@]12CN=C(Nc1nc3ncccc3o1)O2. The standard InChI is InChI=1S/C16H21N5O2/c1-3-11-6-8-21(2)10-16(11)9-18-14(23-16)20-15-19-13-12(22-15)5-4-7-17-13/h4-5,7,11H,3,6,8-10H2,1-2H3,(H,17,18,19,20)/t11?,16-/m0/s1. The van der Waals surface area contributed by atoms with Crippen LogP contribution in [0.2, 0.25) is 0 Å². The van der Waals surface area contributed by atoms with E-state index in [2.05, 4.69) is 39.1 Å². The van der Waals surface area contributed by atoms with Crippen molar-refractivity contribution in [2.24, 2.45) is 10.9 Å². The summed E-state index contributed by atoms with van der Waals surface area (Å²) in [4.78, 5) is 15.3. The summed E-state index contributed by atoms with van der Waals surface area (Å²) in [7, 11) is 2.13. The van der Waals surface area contributed by atoms with E-state index >= 15 is 0 Å². The monoisotopic (exact) mass is 315 g/mol. The van der Waals surface area contributed by atoms with Crippen molar-refractivity contribution >= 4 is 23.3 Å². The zero-order chi connectivity index (χ0) is 15.9. The van der Waals surface area contributed by atoms with E-state index in [1.807, 2.05) is 12.1 Å². The molecule has 1 N–H and O–H groups in total. The number of aliphatic imine (C=N–C) groups is 1. The molecule has 0 bridgehead atoms. The summed E-state index contributed by atoms with van der Waals surface area (Å²) in [6.07, 6.45) is 3.93. The third-order valence-electron chi connectivity index (χ3n) is 4.80. The van der Waals surface area contributed by atoms with E-state index in [9.17, 15) is 0 Å². The molecule has 23 heavy (non-hydrogen) atoms. The summed E-state index contributed by atoms with van der Waals surface area (Å²) in [5.41, 5.74) is 0.994.